The van der Waals surface area contributed by atoms with Crippen molar-refractivity contribution in [1.29, 1.82) is 0 Å². The molecule has 1 N–H and O–H groups in total. The van der Waals surface area contributed by atoms with Crippen molar-refractivity contribution in [3.8, 4) is 0 Å². The van der Waals surface area contributed by atoms with Gasteiger partial charge in [0, 0.05) is 13.2 Å². The Morgan fingerprint density at radius 1 is 1.32 bits per heavy atom. The van der Waals surface area contributed by atoms with Gasteiger partial charge in [0.25, 0.3) is 0 Å². The lowest BCUT2D eigenvalue weighted by Gasteiger charge is -2.21. The number of amides is 2. The van der Waals surface area contributed by atoms with Gasteiger partial charge in [0.15, 0.2) is 0 Å². The van der Waals surface area contributed by atoms with Gasteiger partial charge in [-0.3, -0.25) is 9.59 Å². The molecular formula is C19H25F3N2O4. The van der Waals surface area contributed by atoms with E-state index in [1.54, 1.807) is 6.92 Å². The second-order valence-electron chi connectivity index (χ2n) is 6.46. The van der Waals surface area contributed by atoms with Gasteiger partial charge in [0.2, 0.25) is 11.8 Å². The van der Waals surface area contributed by atoms with Gasteiger partial charge in [-0.1, -0.05) is 12.1 Å². The molecule has 1 aromatic rings. The SMILES string of the molecule is CCN(CC(=O)Nc1ccccc1C(F)(F)F)C(=O)CCOCC1CCCO1. The molecule has 1 aliphatic heterocycles. The van der Waals surface area contributed by atoms with Gasteiger partial charge in [-0.05, 0) is 31.9 Å². The van der Waals surface area contributed by atoms with E-state index >= 15 is 0 Å². The number of carbonyl (C=O) groups is 2. The maximum Gasteiger partial charge on any atom is 0.418 e. The summed E-state index contributed by atoms with van der Waals surface area (Å²) < 4.78 is 49.9. The Hall–Kier alpha value is -2.13. The maximum absolute atomic E-state index is 13.0. The van der Waals surface area contributed by atoms with Crippen molar-refractivity contribution in [2.75, 3.05) is 38.2 Å². The summed E-state index contributed by atoms with van der Waals surface area (Å²) in [6.07, 6.45) is -2.48. The first-order valence-electron chi connectivity index (χ1n) is 9.24. The van der Waals surface area contributed by atoms with Crippen molar-refractivity contribution in [3.05, 3.63) is 29.8 Å². The number of halogens is 3. The van der Waals surface area contributed by atoms with E-state index in [1.807, 2.05) is 0 Å². The summed E-state index contributed by atoms with van der Waals surface area (Å²) in [7, 11) is 0. The molecule has 1 fully saturated rings. The first-order chi connectivity index (χ1) is 13.3. The Bertz CT molecular complexity index is 661. The molecule has 156 valence electrons. The minimum absolute atomic E-state index is 0.0665. The summed E-state index contributed by atoms with van der Waals surface area (Å²) in [4.78, 5) is 25.7. The van der Waals surface area contributed by atoms with Crippen LogP contribution in [0.2, 0.25) is 0 Å². The molecule has 1 saturated heterocycles. The van der Waals surface area contributed by atoms with E-state index in [2.05, 4.69) is 5.32 Å². The third kappa shape index (κ3) is 6.79. The predicted octanol–water partition coefficient (Wildman–Crippen LogP) is 3.08. The Morgan fingerprint density at radius 2 is 2.07 bits per heavy atom. The van der Waals surface area contributed by atoms with E-state index in [4.69, 9.17) is 9.47 Å². The van der Waals surface area contributed by atoms with Crippen LogP contribution in [0.25, 0.3) is 0 Å². The number of carbonyl (C=O) groups excluding carboxylic acids is 2. The lowest BCUT2D eigenvalue weighted by molar-refractivity contribution is -0.137. The lowest BCUT2D eigenvalue weighted by atomic mass is 10.1. The molecule has 2 rings (SSSR count). The van der Waals surface area contributed by atoms with Gasteiger partial charge >= 0.3 is 6.18 Å². The molecule has 0 aliphatic carbocycles. The van der Waals surface area contributed by atoms with E-state index < -0.39 is 17.6 Å². The standard InChI is InChI=1S/C19H25F3N2O4/c1-2-24(18(26)9-11-27-13-14-6-5-10-28-14)12-17(25)23-16-8-4-3-7-15(16)19(20,21)22/h3-4,7-8,14H,2,5-6,9-13H2,1H3,(H,23,25). The summed E-state index contributed by atoms with van der Waals surface area (Å²) in [5, 5.41) is 2.24. The van der Waals surface area contributed by atoms with Crippen LogP contribution in [0, 0.1) is 0 Å². The fourth-order valence-electron chi connectivity index (χ4n) is 2.89. The van der Waals surface area contributed by atoms with Gasteiger partial charge in [-0.2, -0.15) is 13.2 Å². The van der Waals surface area contributed by atoms with E-state index in [9.17, 15) is 22.8 Å². The van der Waals surface area contributed by atoms with Crippen LogP contribution in [0.1, 0.15) is 31.7 Å². The molecule has 0 spiro atoms. The molecule has 6 nitrogen and oxygen atoms in total. The summed E-state index contributed by atoms with van der Waals surface area (Å²) in [5.41, 5.74) is -1.26. The minimum atomic E-state index is -4.58. The summed E-state index contributed by atoms with van der Waals surface area (Å²) in [6, 6.07) is 4.72. The van der Waals surface area contributed by atoms with Crippen LogP contribution in [0.4, 0.5) is 18.9 Å². The zero-order valence-corrected chi connectivity index (χ0v) is 15.8. The number of alkyl halides is 3. The highest BCUT2D eigenvalue weighted by Gasteiger charge is 2.33. The molecule has 1 unspecified atom stereocenters. The van der Waals surface area contributed by atoms with Crippen molar-refractivity contribution >= 4 is 17.5 Å². The number of likely N-dealkylation sites (N-methyl/N-ethyl adjacent to an activating group) is 1. The number of anilines is 1. The second kappa shape index (κ2) is 10.4. The Balaban J connectivity index is 1.81. The van der Waals surface area contributed by atoms with Crippen LogP contribution >= 0.6 is 0 Å². The van der Waals surface area contributed by atoms with Crippen LogP contribution in [-0.2, 0) is 25.2 Å². The number of hydrogen-bond donors (Lipinski definition) is 1. The largest absolute Gasteiger partial charge is 0.418 e. The van der Waals surface area contributed by atoms with E-state index in [1.165, 1.54) is 23.1 Å². The van der Waals surface area contributed by atoms with Crippen molar-refractivity contribution in [2.24, 2.45) is 0 Å². The van der Waals surface area contributed by atoms with Crippen LogP contribution in [0.3, 0.4) is 0 Å². The molecule has 1 aliphatic rings. The molecule has 28 heavy (non-hydrogen) atoms. The van der Waals surface area contributed by atoms with Gasteiger partial charge in [-0.15, -0.1) is 0 Å². The van der Waals surface area contributed by atoms with Gasteiger partial charge in [0.05, 0.1) is 43.5 Å². The highest BCUT2D eigenvalue weighted by molar-refractivity contribution is 5.95. The van der Waals surface area contributed by atoms with Crippen molar-refractivity contribution < 1.29 is 32.2 Å². The van der Waals surface area contributed by atoms with E-state index in [0.29, 0.717) is 6.61 Å². The summed E-state index contributed by atoms with van der Waals surface area (Å²) >= 11 is 0. The van der Waals surface area contributed by atoms with Crippen molar-refractivity contribution in [1.82, 2.24) is 4.90 Å². The molecule has 9 heteroatoms. The maximum atomic E-state index is 13.0. The summed E-state index contributed by atoms with van der Waals surface area (Å²) in [6.45, 7) is 2.99. The first-order valence-corrected chi connectivity index (χ1v) is 9.24. The number of nitrogens with zero attached hydrogens (tertiary/aromatic N) is 1. The Morgan fingerprint density at radius 3 is 2.71 bits per heavy atom. The zero-order valence-electron chi connectivity index (χ0n) is 15.8. The third-order valence-corrected chi connectivity index (χ3v) is 4.36. The first kappa shape index (κ1) is 22.2. The number of rotatable bonds is 9. The number of para-hydroxylation sites is 1. The molecule has 0 radical (unpaired) electrons. The lowest BCUT2D eigenvalue weighted by Crippen LogP contribution is -2.38. The number of benzene rings is 1. The highest BCUT2D eigenvalue weighted by atomic mass is 19.4. The number of nitrogens with one attached hydrogen (secondary N) is 1. The normalized spacial score (nSPS) is 16.8. The predicted molar refractivity (Wildman–Crippen MR) is 96.7 cm³/mol. The van der Waals surface area contributed by atoms with E-state index in [-0.39, 0.29) is 43.8 Å². The average Bonchev–Trinajstić information content (AvgIpc) is 3.16. The molecule has 1 atom stereocenters. The zero-order chi connectivity index (χ0) is 20.6. The van der Waals surface area contributed by atoms with Crippen LogP contribution < -0.4 is 5.32 Å². The molecule has 0 aromatic heterocycles. The van der Waals surface area contributed by atoms with Crippen LogP contribution in [-0.4, -0.2) is 55.7 Å². The van der Waals surface area contributed by atoms with E-state index in [0.717, 1.165) is 25.5 Å². The quantitative estimate of drug-likeness (QED) is 0.645. The average molecular weight is 402 g/mol. The Kier molecular flexibility index (Phi) is 8.25. The molecule has 2 amide bonds. The fraction of sp³-hybridized carbons (Fsp3) is 0.579. The monoisotopic (exact) mass is 402 g/mol. The molecule has 1 heterocycles. The second-order valence-corrected chi connectivity index (χ2v) is 6.46. The Labute approximate surface area is 162 Å². The van der Waals surface area contributed by atoms with Crippen molar-refractivity contribution in [3.63, 3.8) is 0 Å². The number of hydrogen-bond acceptors (Lipinski definition) is 4. The van der Waals surface area contributed by atoms with Gasteiger partial charge in [0.1, 0.15) is 0 Å². The van der Waals surface area contributed by atoms with Crippen LogP contribution in [0.15, 0.2) is 24.3 Å². The molecule has 0 saturated carbocycles. The molecule has 0 bridgehead atoms. The van der Waals surface area contributed by atoms with Gasteiger partial charge < -0.3 is 19.7 Å². The third-order valence-electron chi connectivity index (χ3n) is 4.36. The van der Waals surface area contributed by atoms with Crippen LogP contribution in [0.5, 0.6) is 0 Å². The minimum Gasteiger partial charge on any atom is -0.378 e. The fourth-order valence-corrected chi connectivity index (χ4v) is 2.89. The van der Waals surface area contributed by atoms with Gasteiger partial charge in [-0.25, -0.2) is 0 Å². The smallest absolute Gasteiger partial charge is 0.378 e. The van der Waals surface area contributed by atoms with Crippen molar-refractivity contribution in [2.45, 2.75) is 38.5 Å². The highest BCUT2D eigenvalue weighted by Crippen LogP contribution is 2.34. The summed E-state index contributed by atoms with van der Waals surface area (Å²) in [5.74, 6) is -0.985. The number of ether oxygens (including phenoxy) is 2. The topological polar surface area (TPSA) is 67.9 Å². The molecule has 1 aromatic carbocycles. The molecular weight excluding hydrogens is 377 g/mol.